The minimum absolute atomic E-state index is 0.727. The standard InChI is InChI=1S/C9H11NO2S/c1-8(7-13(2,11)12)9-3-5-10-6-4-9/h3-7H,1-2H3/b8-7+. The molecule has 0 radical (unpaired) electrons. The molecule has 0 saturated carbocycles. The summed E-state index contributed by atoms with van der Waals surface area (Å²) in [4.78, 5) is 3.85. The SMILES string of the molecule is C/C(=C\S(C)(=O)=O)c1ccncc1. The van der Waals surface area contributed by atoms with Crippen molar-refractivity contribution in [3.63, 3.8) is 0 Å². The third-order valence-corrected chi connectivity index (χ3v) is 2.31. The van der Waals surface area contributed by atoms with Crippen molar-refractivity contribution in [1.29, 1.82) is 0 Å². The van der Waals surface area contributed by atoms with Crippen LogP contribution in [0.5, 0.6) is 0 Å². The van der Waals surface area contributed by atoms with E-state index >= 15 is 0 Å². The molecule has 1 aromatic rings. The highest BCUT2D eigenvalue weighted by Crippen LogP contribution is 2.12. The van der Waals surface area contributed by atoms with E-state index in [2.05, 4.69) is 4.98 Å². The maximum absolute atomic E-state index is 10.9. The number of hydrogen-bond donors (Lipinski definition) is 0. The molecular formula is C9H11NO2S. The predicted octanol–water partition coefficient (Wildman–Crippen LogP) is 1.49. The van der Waals surface area contributed by atoms with Crippen LogP contribution in [0.3, 0.4) is 0 Å². The van der Waals surface area contributed by atoms with E-state index in [1.165, 1.54) is 11.7 Å². The van der Waals surface area contributed by atoms with Crippen LogP contribution in [0.15, 0.2) is 29.9 Å². The number of nitrogens with zero attached hydrogens (tertiary/aromatic N) is 1. The van der Waals surface area contributed by atoms with Crippen LogP contribution in [0.25, 0.3) is 5.57 Å². The van der Waals surface area contributed by atoms with Crippen molar-refractivity contribution in [2.45, 2.75) is 6.92 Å². The summed E-state index contributed by atoms with van der Waals surface area (Å²) in [7, 11) is -3.05. The molecule has 0 aliphatic heterocycles. The molecule has 70 valence electrons. The fourth-order valence-electron chi connectivity index (χ4n) is 1.00. The Morgan fingerprint density at radius 2 is 1.92 bits per heavy atom. The largest absolute Gasteiger partial charge is 0.265 e. The lowest BCUT2D eigenvalue weighted by Gasteiger charge is -1.98. The molecule has 0 bridgehead atoms. The van der Waals surface area contributed by atoms with E-state index in [-0.39, 0.29) is 0 Å². The normalized spacial score (nSPS) is 12.9. The van der Waals surface area contributed by atoms with Crippen LogP contribution in [0, 0.1) is 0 Å². The van der Waals surface area contributed by atoms with Gasteiger partial charge in [0.25, 0.3) is 0 Å². The molecule has 0 saturated heterocycles. The first-order valence-corrected chi connectivity index (χ1v) is 5.73. The lowest BCUT2D eigenvalue weighted by Crippen LogP contribution is -1.91. The molecule has 0 N–H and O–H groups in total. The van der Waals surface area contributed by atoms with Gasteiger partial charge in [-0.1, -0.05) is 0 Å². The van der Waals surface area contributed by atoms with E-state index in [4.69, 9.17) is 0 Å². The first-order valence-electron chi connectivity index (χ1n) is 3.78. The molecule has 0 aliphatic rings. The zero-order valence-corrected chi connectivity index (χ0v) is 8.38. The number of pyridine rings is 1. The molecule has 3 nitrogen and oxygen atoms in total. The number of aromatic nitrogens is 1. The van der Waals surface area contributed by atoms with E-state index in [1.807, 2.05) is 0 Å². The van der Waals surface area contributed by atoms with Crippen LogP contribution >= 0.6 is 0 Å². The molecule has 0 unspecified atom stereocenters. The Morgan fingerprint density at radius 1 is 1.38 bits per heavy atom. The second-order valence-corrected chi connectivity index (χ2v) is 4.76. The van der Waals surface area contributed by atoms with Crippen molar-refractivity contribution in [3.8, 4) is 0 Å². The average Bonchev–Trinajstić information content (AvgIpc) is 2.03. The first kappa shape index (κ1) is 9.92. The zero-order chi connectivity index (χ0) is 9.90. The quantitative estimate of drug-likeness (QED) is 0.721. The van der Waals surface area contributed by atoms with Gasteiger partial charge in [0.1, 0.15) is 0 Å². The lowest BCUT2D eigenvalue weighted by molar-refractivity contribution is 0.610. The summed E-state index contributed by atoms with van der Waals surface area (Å²) in [5.74, 6) is 0. The molecule has 0 aromatic carbocycles. The summed E-state index contributed by atoms with van der Waals surface area (Å²) in [6.07, 6.45) is 4.45. The van der Waals surface area contributed by atoms with Gasteiger partial charge in [0, 0.05) is 24.1 Å². The molecule has 0 atom stereocenters. The highest BCUT2D eigenvalue weighted by Gasteiger charge is 1.99. The van der Waals surface area contributed by atoms with Gasteiger partial charge < -0.3 is 0 Å². The number of rotatable bonds is 2. The second kappa shape index (κ2) is 3.70. The molecule has 1 heterocycles. The molecule has 0 fully saturated rings. The van der Waals surface area contributed by atoms with Gasteiger partial charge in [-0.15, -0.1) is 0 Å². The van der Waals surface area contributed by atoms with E-state index in [1.54, 1.807) is 31.5 Å². The molecule has 1 rings (SSSR count). The number of sulfone groups is 1. The molecule has 1 aromatic heterocycles. The average molecular weight is 197 g/mol. The van der Waals surface area contributed by atoms with Crippen LogP contribution in [0.4, 0.5) is 0 Å². The van der Waals surface area contributed by atoms with E-state index in [0.717, 1.165) is 11.1 Å². The summed E-state index contributed by atoms with van der Waals surface area (Å²) >= 11 is 0. The Balaban J connectivity index is 3.06. The number of hydrogen-bond acceptors (Lipinski definition) is 3. The van der Waals surface area contributed by atoms with E-state index in [0.29, 0.717) is 0 Å². The minimum atomic E-state index is -3.05. The van der Waals surface area contributed by atoms with Crippen molar-refractivity contribution < 1.29 is 8.42 Å². The van der Waals surface area contributed by atoms with Gasteiger partial charge in [0.2, 0.25) is 0 Å². The molecule has 13 heavy (non-hydrogen) atoms. The molecule has 4 heteroatoms. The van der Waals surface area contributed by atoms with Crippen molar-refractivity contribution in [2.75, 3.05) is 6.26 Å². The van der Waals surface area contributed by atoms with Crippen molar-refractivity contribution in [3.05, 3.63) is 35.5 Å². The van der Waals surface area contributed by atoms with Gasteiger partial charge in [-0.05, 0) is 30.2 Å². The fourth-order valence-corrected chi connectivity index (χ4v) is 1.78. The smallest absolute Gasteiger partial charge is 0.169 e. The van der Waals surface area contributed by atoms with Crippen molar-refractivity contribution in [1.82, 2.24) is 4.98 Å². The van der Waals surface area contributed by atoms with Crippen LogP contribution in [-0.2, 0) is 9.84 Å². The monoisotopic (exact) mass is 197 g/mol. The summed E-state index contributed by atoms with van der Waals surface area (Å²) in [6, 6.07) is 3.55. The molecular weight excluding hydrogens is 186 g/mol. The van der Waals surface area contributed by atoms with Crippen LogP contribution < -0.4 is 0 Å². The third-order valence-electron chi connectivity index (χ3n) is 1.53. The van der Waals surface area contributed by atoms with Crippen LogP contribution in [-0.4, -0.2) is 19.7 Å². The topological polar surface area (TPSA) is 47.0 Å². The summed E-state index contributed by atoms with van der Waals surface area (Å²) in [6.45, 7) is 1.76. The summed E-state index contributed by atoms with van der Waals surface area (Å²) < 4.78 is 21.8. The Hall–Kier alpha value is -1.16. The minimum Gasteiger partial charge on any atom is -0.265 e. The fraction of sp³-hybridized carbons (Fsp3) is 0.222. The van der Waals surface area contributed by atoms with E-state index < -0.39 is 9.84 Å². The summed E-state index contributed by atoms with van der Waals surface area (Å²) in [5, 5.41) is 1.25. The van der Waals surface area contributed by atoms with Gasteiger partial charge in [0.05, 0.1) is 0 Å². The Kier molecular flexibility index (Phi) is 2.83. The highest BCUT2D eigenvalue weighted by atomic mass is 32.2. The number of allylic oxidation sites excluding steroid dienone is 1. The van der Waals surface area contributed by atoms with Gasteiger partial charge >= 0.3 is 0 Å². The Morgan fingerprint density at radius 3 is 2.38 bits per heavy atom. The highest BCUT2D eigenvalue weighted by molar-refractivity contribution is 7.93. The second-order valence-electron chi connectivity index (χ2n) is 2.87. The Labute approximate surface area is 78.0 Å². The maximum Gasteiger partial charge on any atom is 0.169 e. The van der Waals surface area contributed by atoms with E-state index in [9.17, 15) is 8.42 Å². The van der Waals surface area contributed by atoms with Crippen LogP contribution in [0.1, 0.15) is 12.5 Å². The lowest BCUT2D eigenvalue weighted by atomic mass is 10.1. The molecule has 0 amide bonds. The first-order chi connectivity index (χ1) is 5.99. The van der Waals surface area contributed by atoms with Gasteiger partial charge in [0.15, 0.2) is 9.84 Å². The zero-order valence-electron chi connectivity index (χ0n) is 7.56. The molecule has 0 aliphatic carbocycles. The van der Waals surface area contributed by atoms with Gasteiger partial charge in [-0.25, -0.2) is 8.42 Å². The summed E-state index contributed by atoms with van der Waals surface area (Å²) in [5.41, 5.74) is 1.60. The maximum atomic E-state index is 10.9. The van der Waals surface area contributed by atoms with Crippen molar-refractivity contribution >= 4 is 15.4 Å². The van der Waals surface area contributed by atoms with Crippen molar-refractivity contribution in [2.24, 2.45) is 0 Å². The van der Waals surface area contributed by atoms with Gasteiger partial charge in [-0.3, -0.25) is 4.98 Å². The third kappa shape index (κ3) is 3.38. The Bertz CT molecular complexity index is 407. The van der Waals surface area contributed by atoms with Gasteiger partial charge in [-0.2, -0.15) is 0 Å². The van der Waals surface area contributed by atoms with Crippen LogP contribution in [0.2, 0.25) is 0 Å². The predicted molar refractivity (Wildman–Crippen MR) is 52.7 cm³/mol. The molecule has 0 spiro atoms.